The van der Waals surface area contributed by atoms with Crippen LogP contribution in [-0.4, -0.2) is 21.0 Å². The van der Waals surface area contributed by atoms with Crippen LogP contribution in [-0.2, 0) is 12.8 Å². The Kier molecular flexibility index (Phi) is 5.24. The lowest BCUT2D eigenvalue weighted by molar-refractivity contribution is 0.0107. The molecule has 6 nitrogen and oxygen atoms in total. The molecule has 7 heteroatoms. The number of imidazole rings is 1. The lowest BCUT2D eigenvalue weighted by atomic mass is 9.53. The molecule has 0 saturated heterocycles. The monoisotopic (exact) mass is 462 g/mol. The van der Waals surface area contributed by atoms with Gasteiger partial charge < -0.3 is 19.6 Å². The van der Waals surface area contributed by atoms with Gasteiger partial charge in [0.2, 0.25) is 0 Å². The minimum Gasteiger partial charge on any atom is -0.455 e. The first-order valence-electron chi connectivity index (χ1n) is 11.9. The average molecular weight is 463 g/mol. The number of benzene rings is 1. The highest BCUT2D eigenvalue weighted by Gasteiger charge is 2.51. The van der Waals surface area contributed by atoms with Crippen molar-refractivity contribution in [2.75, 3.05) is 10.6 Å². The number of para-hydroxylation sites is 2. The highest BCUT2D eigenvalue weighted by molar-refractivity contribution is 7.98. The largest absolute Gasteiger partial charge is 0.455 e. The van der Waals surface area contributed by atoms with E-state index in [1.54, 1.807) is 24.0 Å². The molecule has 172 valence electrons. The van der Waals surface area contributed by atoms with E-state index in [2.05, 4.69) is 21.7 Å². The number of carbonyl (C=O) groups excluding carboxylic acids is 1. The van der Waals surface area contributed by atoms with Gasteiger partial charge in [-0.15, -0.1) is 0 Å². The molecular weight excluding hydrogens is 432 g/mol. The minimum atomic E-state index is -0.219. The lowest BCUT2D eigenvalue weighted by Crippen LogP contribution is -2.54. The molecule has 0 aliphatic heterocycles. The van der Waals surface area contributed by atoms with Crippen molar-refractivity contribution in [2.24, 2.45) is 24.8 Å². The molecule has 4 saturated carbocycles. The van der Waals surface area contributed by atoms with Gasteiger partial charge in [-0.05, 0) is 80.5 Å². The van der Waals surface area contributed by atoms with Gasteiger partial charge in [0.1, 0.15) is 5.76 Å². The number of nitrogens with zero attached hydrogens (tertiary/aromatic N) is 2. The molecule has 4 aliphatic carbocycles. The molecule has 1 aromatic carbocycles. The summed E-state index contributed by atoms with van der Waals surface area (Å²) in [4.78, 5) is 17.3. The normalized spacial score (nSPS) is 27.6. The van der Waals surface area contributed by atoms with Gasteiger partial charge in [-0.3, -0.25) is 4.79 Å². The molecule has 0 spiro atoms. The van der Waals surface area contributed by atoms with E-state index < -0.39 is 0 Å². The molecule has 0 radical (unpaired) electrons. The summed E-state index contributed by atoms with van der Waals surface area (Å²) in [6, 6.07) is 11.7. The van der Waals surface area contributed by atoms with Crippen molar-refractivity contribution in [3.05, 3.63) is 60.3 Å². The maximum atomic E-state index is 13.0. The summed E-state index contributed by atoms with van der Waals surface area (Å²) in [5.41, 5.74) is 2.03. The highest BCUT2D eigenvalue weighted by atomic mass is 32.2. The minimum absolute atomic E-state index is 0.190. The molecule has 3 aromatic rings. The first kappa shape index (κ1) is 20.9. The number of aromatic nitrogens is 2. The number of hydrogen-bond donors (Lipinski definition) is 2. The van der Waals surface area contributed by atoms with E-state index in [-0.39, 0.29) is 11.4 Å². The van der Waals surface area contributed by atoms with Gasteiger partial charge in [0.15, 0.2) is 10.9 Å². The van der Waals surface area contributed by atoms with E-state index in [0.717, 1.165) is 40.0 Å². The zero-order valence-electron chi connectivity index (χ0n) is 18.9. The van der Waals surface area contributed by atoms with Crippen LogP contribution in [0.4, 0.5) is 11.4 Å². The Balaban J connectivity index is 1.14. The summed E-state index contributed by atoms with van der Waals surface area (Å²) in [7, 11) is 1.96. The molecular formula is C26H30N4O2S. The van der Waals surface area contributed by atoms with Crippen LogP contribution in [0.25, 0.3) is 0 Å². The van der Waals surface area contributed by atoms with Gasteiger partial charge in [0.05, 0.1) is 17.1 Å². The third kappa shape index (κ3) is 4.19. The van der Waals surface area contributed by atoms with Crippen molar-refractivity contribution in [3.63, 3.8) is 0 Å². The number of hydrogen-bond acceptors (Lipinski definition) is 5. The van der Waals surface area contributed by atoms with E-state index in [0.29, 0.717) is 11.5 Å². The Morgan fingerprint density at radius 3 is 2.45 bits per heavy atom. The third-order valence-corrected chi connectivity index (χ3v) is 8.70. The van der Waals surface area contributed by atoms with Crippen molar-refractivity contribution >= 4 is 29.0 Å². The van der Waals surface area contributed by atoms with E-state index in [1.165, 1.54) is 38.5 Å². The summed E-state index contributed by atoms with van der Waals surface area (Å²) >= 11 is 1.59. The summed E-state index contributed by atoms with van der Waals surface area (Å²) in [5.74, 6) is 4.11. The fourth-order valence-corrected chi connectivity index (χ4v) is 7.47. The number of thioether (sulfide) groups is 1. The lowest BCUT2D eigenvalue weighted by Gasteiger charge is -2.57. The maximum Gasteiger partial charge on any atom is 0.291 e. The first-order chi connectivity index (χ1) is 16.1. The van der Waals surface area contributed by atoms with Crippen molar-refractivity contribution in [2.45, 2.75) is 55.0 Å². The highest BCUT2D eigenvalue weighted by Crippen LogP contribution is 2.56. The van der Waals surface area contributed by atoms with Gasteiger partial charge in [0.25, 0.3) is 5.91 Å². The fourth-order valence-electron chi connectivity index (χ4n) is 6.64. The molecule has 2 N–H and O–H groups in total. The van der Waals surface area contributed by atoms with Gasteiger partial charge in [0, 0.05) is 25.0 Å². The third-order valence-electron chi connectivity index (χ3n) is 7.62. The van der Waals surface area contributed by atoms with Crippen LogP contribution in [0.5, 0.6) is 0 Å². The van der Waals surface area contributed by atoms with Crippen LogP contribution in [0, 0.1) is 17.8 Å². The molecule has 4 fully saturated rings. The van der Waals surface area contributed by atoms with Crippen LogP contribution < -0.4 is 10.6 Å². The topological polar surface area (TPSA) is 72.1 Å². The molecule has 0 atom stereocenters. The van der Waals surface area contributed by atoms with Gasteiger partial charge in [-0.25, -0.2) is 4.98 Å². The number of anilines is 2. The number of furan rings is 1. The van der Waals surface area contributed by atoms with E-state index in [9.17, 15) is 4.79 Å². The van der Waals surface area contributed by atoms with E-state index in [4.69, 9.17) is 4.42 Å². The molecule has 2 aromatic heterocycles. The van der Waals surface area contributed by atoms with Crippen LogP contribution in [0.15, 0.2) is 58.4 Å². The quantitative estimate of drug-likeness (QED) is 0.425. The summed E-state index contributed by atoms with van der Waals surface area (Å²) < 4.78 is 7.81. The Morgan fingerprint density at radius 1 is 1.09 bits per heavy atom. The zero-order valence-corrected chi connectivity index (χ0v) is 19.7. The van der Waals surface area contributed by atoms with Crippen molar-refractivity contribution in [1.82, 2.24) is 9.55 Å². The predicted molar refractivity (Wildman–Crippen MR) is 130 cm³/mol. The van der Waals surface area contributed by atoms with Crippen LogP contribution >= 0.6 is 11.8 Å². The average Bonchev–Trinajstić information content (AvgIpc) is 3.41. The van der Waals surface area contributed by atoms with Crippen LogP contribution in [0.1, 0.15) is 54.8 Å². The van der Waals surface area contributed by atoms with E-state index in [1.807, 2.05) is 42.1 Å². The van der Waals surface area contributed by atoms with Crippen molar-refractivity contribution in [1.29, 1.82) is 0 Å². The summed E-state index contributed by atoms with van der Waals surface area (Å²) in [6.07, 6.45) is 11.7. The molecule has 0 unspecified atom stereocenters. The SMILES string of the molecule is Cn1ccnc1SCc1ccc(C(=O)Nc2ccccc2NC23CC4CC(CC(C4)C2)C3)o1. The number of carbonyl (C=O) groups is 1. The molecule has 2 heterocycles. The van der Waals surface area contributed by atoms with Gasteiger partial charge in [-0.1, -0.05) is 23.9 Å². The Morgan fingerprint density at radius 2 is 1.79 bits per heavy atom. The second kappa shape index (κ2) is 8.28. The Hall–Kier alpha value is -2.67. The van der Waals surface area contributed by atoms with Crippen molar-refractivity contribution in [3.8, 4) is 0 Å². The second-order valence-electron chi connectivity index (χ2n) is 10.2. The zero-order chi connectivity index (χ0) is 22.4. The smallest absolute Gasteiger partial charge is 0.291 e. The standard InChI is InChI=1S/C26H30N4O2S/c1-30-9-8-27-25(30)33-16-20-6-7-23(32-20)24(31)28-21-4-2-3-5-22(21)29-26-13-17-10-18(14-26)12-19(11-17)15-26/h2-9,17-19,29H,10-16H2,1H3,(H,28,31). The Labute approximate surface area is 198 Å². The fraction of sp³-hybridized carbons (Fsp3) is 0.462. The summed E-state index contributed by atoms with van der Waals surface area (Å²) in [6.45, 7) is 0. The summed E-state index contributed by atoms with van der Waals surface area (Å²) in [5, 5.41) is 7.90. The number of amides is 1. The molecule has 7 rings (SSSR count). The number of rotatable bonds is 7. The number of nitrogens with one attached hydrogen (secondary N) is 2. The molecule has 1 amide bonds. The van der Waals surface area contributed by atoms with Gasteiger partial charge in [-0.2, -0.15) is 0 Å². The van der Waals surface area contributed by atoms with Crippen LogP contribution in [0.2, 0.25) is 0 Å². The predicted octanol–water partition coefficient (Wildman–Crippen LogP) is 5.94. The molecule has 4 aliphatic rings. The van der Waals surface area contributed by atoms with Crippen LogP contribution in [0.3, 0.4) is 0 Å². The first-order valence-corrected chi connectivity index (χ1v) is 12.9. The van der Waals surface area contributed by atoms with E-state index >= 15 is 0 Å². The van der Waals surface area contributed by atoms with Gasteiger partial charge >= 0.3 is 0 Å². The van der Waals surface area contributed by atoms with Crippen molar-refractivity contribution < 1.29 is 9.21 Å². The molecule has 33 heavy (non-hydrogen) atoms. The maximum absolute atomic E-state index is 13.0. The molecule has 4 bridgehead atoms. The second-order valence-corrected chi connectivity index (χ2v) is 11.1. The Bertz CT molecular complexity index is 1130. The number of aryl methyl sites for hydroxylation is 1.